The molecule has 1 N–H and O–H groups in total. The van der Waals surface area contributed by atoms with Gasteiger partial charge < -0.3 is 9.63 Å². The lowest BCUT2D eigenvalue weighted by Crippen LogP contribution is -2.28. The Labute approximate surface area is 212 Å². The van der Waals surface area contributed by atoms with Gasteiger partial charge in [0.15, 0.2) is 5.66 Å². The molecule has 16 heteroatoms. The van der Waals surface area contributed by atoms with E-state index in [1.807, 2.05) is 27.7 Å². The lowest BCUT2D eigenvalue weighted by atomic mass is 10.3. The zero-order chi connectivity index (χ0) is 27.3. The average Bonchev–Trinajstić information content (AvgIpc) is 2.83. The van der Waals surface area contributed by atoms with Gasteiger partial charge in [-0.05, 0) is 25.7 Å². The van der Waals surface area contributed by atoms with Gasteiger partial charge in [0.2, 0.25) is 0 Å². The highest BCUT2D eigenvalue weighted by atomic mass is 31.2. The van der Waals surface area contributed by atoms with Crippen molar-refractivity contribution in [3.05, 3.63) is 0 Å². The van der Waals surface area contributed by atoms with Crippen LogP contribution in [0.4, 0.5) is 0 Å². The minimum atomic E-state index is -4.90. The molecule has 1 atom stereocenters. The maximum atomic E-state index is 13.4. The minimum Gasteiger partial charge on any atom is -0.481 e. The van der Waals surface area contributed by atoms with E-state index in [1.165, 1.54) is 0 Å². The molecule has 0 aliphatic heterocycles. The monoisotopic (exact) mass is 566 g/mol. The first-order valence-corrected chi connectivity index (χ1v) is 15.1. The molecular weight excluding hydrogens is 526 g/mol. The summed E-state index contributed by atoms with van der Waals surface area (Å²) in [4.78, 5) is 43.7. The van der Waals surface area contributed by atoms with Crippen molar-refractivity contribution in [3.63, 3.8) is 0 Å². The van der Waals surface area contributed by atoms with E-state index in [9.17, 15) is 23.8 Å². The lowest BCUT2D eigenvalue weighted by molar-refractivity contribution is -0.281. The van der Waals surface area contributed by atoms with Crippen molar-refractivity contribution >= 4 is 27.4 Å². The smallest absolute Gasteiger partial charge is 0.481 e. The molecule has 0 amide bonds. The van der Waals surface area contributed by atoms with Gasteiger partial charge in [-0.2, -0.15) is 0 Å². The number of aliphatic carboxylic acids is 1. The van der Waals surface area contributed by atoms with Gasteiger partial charge in [0.05, 0.1) is 32.8 Å². The maximum absolute atomic E-state index is 13.4. The van der Waals surface area contributed by atoms with Crippen LogP contribution in [0.15, 0.2) is 0 Å². The molecule has 0 radical (unpaired) electrons. The highest BCUT2D eigenvalue weighted by Crippen LogP contribution is 2.58. The van der Waals surface area contributed by atoms with Crippen molar-refractivity contribution in [3.8, 4) is 0 Å². The molecule has 0 spiro atoms. The average molecular weight is 566 g/mol. The van der Waals surface area contributed by atoms with Crippen molar-refractivity contribution in [1.82, 2.24) is 0 Å². The molecule has 0 aromatic heterocycles. The number of rotatable bonds is 25. The molecule has 0 aliphatic rings. The van der Waals surface area contributed by atoms with Gasteiger partial charge >= 0.3 is 27.4 Å². The summed E-state index contributed by atoms with van der Waals surface area (Å²) in [6.07, 6.45) is 3.79. The van der Waals surface area contributed by atoms with E-state index >= 15 is 0 Å². The Morgan fingerprint density at radius 3 is 1.36 bits per heavy atom. The molecule has 0 aliphatic carbocycles. The number of phosphoric acid groups is 1. The first-order chi connectivity index (χ1) is 17.2. The van der Waals surface area contributed by atoms with Gasteiger partial charge in [0, 0.05) is 0 Å². The van der Waals surface area contributed by atoms with Crippen LogP contribution in [0.1, 0.15) is 85.5 Å². The van der Waals surface area contributed by atoms with E-state index < -0.39 is 39.4 Å². The SMILES string of the molecule is CCCCOOP(=O)(OOCCCC)OC(=O)C(CC(=O)O)P(=O)(OOCCCC)OOCCCC. The number of carbonyl (C=O) groups is 2. The van der Waals surface area contributed by atoms with Gasteiger partial charge in [0.1, 0.15) is 0 Å². The fourth-order valence-electron chi connectivity index (χ4n) is 2.06. The molecule has 0 fully saturated rings. The van der Waals surface area contributed by atoms with Crippen LogP contribution in [0.25, 0.3) is 0 Å². The molecular formula is C20H40O14P2. The summed E-state index contributed by atoms with van der Waals surface area (Å²) in [7, 11) is -9.69. The minimum absolute atomic E-state index is 0.0177. The van der Waals surface area contributed by atoms with Crippen molar-refractivity contribution in [2.45, 2.75) is 91.1 Å². The summed E-state index contributed by atoms with van der Waals surface area (Å²) in [5.74, 6) is -3.18. The Morgan fingerprint density at radius 2 is 1.03 bits per heavy atom. The van der Waals surface area contributed by atoms with Crippen LogP contribution in [0.2, 0.25) is 0 Å². The highest BCUT2D eigenvalue weighted by Gasteiger charge is 2.50. The number of carboxylic acids is 1. The maximum Gasteiger partial charge on any atom is 0.587 e. The summed E-state index contributed by atoms with van der Waals surface area (Å²) in [5, 5.41) is 9.31. The van der Waals surface area contributed by atoms with E-state index in [4.69, 9.17) is 33.4 Å². The quantitative estimate of drug-likeness (QED) is 0.0620. The third-order valence-electron chi connectivity index (χ3n) is 4.15. The molecule has 0 aromatic carbocycles. The van der Waals surface area contributed by atoms with E-state index in [0.29, 0.717) is 38.5 Å². The summed E-state index contributed by atoms with van der Waals surface area (Å²) >= 11 is 0. The molecule has 0 bridgehead atoms. The fourth-order valence-corrected chi connectivity index (χ4v) is 4.35. The normalized spacial score (nSPS) is 13.0. The topological polar surface area (TPSA) is 172 Å². The van der Waals surface area contributed by atoms with Crippen LogP contribution in [0, 0.1) is 0 Å². The molecule has 0 aromatic rings. The molecule has 0 rings (SSSR count). The van der Waals surface area contributed by atoms with Crippen molar-refractivity contribution in [1.29, 1.82) is 0 Å². The zero-order valence-electron chi connectivity index (χ0n) is 21.4. The van der Waals surface area contributed by atoms with Crippen molar-refractivity contribution in [2.75, 3.05) is 26.4 Å². The summed E-state index contributed by atoms with van der Waals surface area (Å²) in [6, 6.07) is 0. The summed E-state index contributed by atoms with van der Waals surface area (Å²) in [5.41, 5.74) is -2.16. The number of hydrogen-bond donors (Lipinski definition) is 1. The van der Waals surface area contributed by atoms with E-state index in [1.54, 1.807) is 0 Å². The Morgan fingerprint density at radius 1 is 0.667 bits per heavy atom. The molecule has 1 unspecified atom stereocenters. The second-order valence-corrected chi connectivity index (χ2v) is 10.9. The molecule has 0 saturated carbocycles. The summed E-state index contributed by atoms with van der Waals surface area (Å²) in [6.45, 7) is 7.36. The van der Waals surface area contributed by atoms with Crippen molar-refractivity contribution < 1.29 is 66.6 Å². The molecule has 36 heavy (non-hydrogen) atoms. The third kappa shape index (κ3) is 16.0. The van der Waals surface area contributed by atoms with Gasteiger partial charge in [-0.25, -0.2) is 24.1 Å². The van der Waals surface area contributed by atoms with Crippen molar-refractivity contribution in [2.24, 2.45) is 0 Å². The second-order valence-electron chi connectivity index (χ2n) is 7.51. The van der Waals surface area contributed by atoms with Crippen LogP contribution >= 0.6 is 15.4 Å². The van der Waals surface area contributed by atoms with Crippen LogP contribution in [0.3, 0.4) is 0 Å². The fraction of sp³-hybridized carbons (Fsp3) is 0.900. The predicted octanol–water partition coefficient (Wildman–Crippen LogP) is 5.67. The van der Waals surface area contributed by atoms with Gasteiger partial charge in [-0.1, -0.05) is 53.4 Å². The highest BCUT2D eigenvalue weighted by molar-refractivity contribution is 7.56. The zero-order valence-corrected chi connectivity index (χ0v) is 23.2. The second kappa shape index (κ2) is 21.1. The van der Waals surface area contributed by atoms with E-state index in [-0.39, 0.29) is 26.4 Å². The van der Waals surface area contributed by atoms with Gasteiger partial charge in [-0.3, -0.25) is 14.2 Å². The van der Waals surface area contributed by atoms with Crippen LogP contribution in [-0.2, 0) is 61.5 Å². The lowest BCUT2D eigenvalue weighted by Gasteiger charge is -2.23. The number of unbranched alkanes of at least 4 members (excludes halogenated alkanes) is 4. The number of carbonyl (C=O) groups excluding carboxylic acids is 1. The first-order valence-electron chi connectivity index (χ1n) is 12.1. The third-order valence-corrected chi connectivity index (χ3v) is 6.91. The van der Waals surface area contributed by atoms with E-state index in [0.717, 1.165) is 12.8 Å². The Kier molecular flexibility index (Phi) is 20.5. The largest absolute Gasteiger partial charge is 0.587 e. The van der Waals surface area contributed by atoms with E-state index in [2.05, 4.69) is 9.35 Å². The van der Waals surface area contributed by atoms with Crippen LogP contribution < -0.4 is 0 Å². The van der Waals surface area contributed by atoms with Crippen LogP contribution in [0.5, 0.6) is 0 Å². The van der Waals surface area contributed by atoms with Gasteiger partial charge in [0.25, 0.3) is 0 Å². The Balaban J connectivity index is 5.74. The Bertz CT molecular complexity index is 657. The number of hydrogen-bond acceptors (Lipinski definition) is 13. The molecule has 214 valence electrons. The first kappa shape index (κ1) is 35.1. The van der Waals surface area contributed by atoms with Crippen LogP contribution in [-0.4, -0.2) is 49.1 Å². The molecule has 14 nitrogen and oxygen atoms in total. The molecule has 0 heterocycles. The van der Waals surface area contributed by atoms with Gasteiger partial charge in [-0.15, -0.1) is 18.7 Å². The molecule has 0 saturated heterocycles. The summed E-state index contributed by atoms with van der Waals surface area (Å²) < 4.78 is 50.1. The number of carboxylic acid groups (broad SMARTS) is 1. The predicted molar refractivity (Wildman–Crippen MR) is 125 cm³/mol. The standard InChI is InChI=1S/C20H40O14P2/c1-5-9-13-26-31-35(24,32-27-14-10-6-2)18(17-19(21)22)20(23)30-36(25,33-28-15-11-7-3)34-29-16-12-8-4/h18H,5-17H2,1-4H3,(H,21,22). The Hall–Kier alpha value is -0.920.